The molecule has 0 aliphatic carbocycles. The molecule has 32 heavy (non-hydrogen) atoms. The van der Waals surface area contributed by atoms with Gasteiger partial charge in [-0.05, 0) is 68.9 Å². The first-order valence-electron chi connectivity index (χ1n) is 9.87. The highest BCUT2D eigenvalue weighted by atomic mass is 32.2. The number of carbonyl (C=O) groups is 1. The number of ether oxygens (including phenoxy) is 1. The molecule has 0 saturated heterocycles. The summed E-state index contributed by atoms with van der Waals surface area (Å²) in [4.78, 5) is 14.8. The van der Waals surface area contributed by atoms with Crippen molar-refractivity contribution < 1.29 is 22.3 Å². The normalized spacial score (nSPS) is 11.7. The standard InChI is InChI=1S/C23H26FN3O4S/c1-15-11-20(16(2)27(15)18-6-8-19(9-7-18)32(25,29)30)22(28)14-26(3)13-17-5-10-23(31-4)21(24)12-17/h5-12H,13-14H2,1-4H3,(H2,25,29,30). The number of Topliss-reactive ketones (excluding diaryl/α,β-unsaturated/α-hetero) is 1. The summed E-state index contributed by atoms with van der Waals surface area (Å²) >= 11 is 0. The van der Waals surface area contributed by atoms with Crippen molar-refractivity contribution in [2.24, 2.45) is 5.14 Å². The summed E-state index contributed by atoms with van der Waals surface area (Å²) in [5, 5.41) is 5.16. The molecule has 1 aromatic heterocycles. The SMILES string of the molecule is COc1ccc(CN(C)CC(=O)c2cc(C)n(-c3ccc(S(N)(=O)=O)cc3)c2C)cc1F. The Hall–Kier alpha value is -3.01. The van der Waals surface area contributed by atoms with Crippen LogP contribution in [-0.4, -0.2) is 44.4 Å². The van der Waals surface area contributed by atoms with E-state index in [1.165, 1.54) is 25.3 Å². The van der Waals surface area contributed by atoms with Gasteiger partial charge in [0.1, 0.15) is 0 Å². The number of rotatable bonds is 8. The number of ketones is 1. The second kappa shape index (κ2) is 9.23. The summed E-state index contributed by atoms with van der Waals surface area (Å²) in [6.07, 6.45) is 0. The molecule has 0 radical (unpaired) electrons. The van der Waals surface area contributed by atoms with Gasteiger partial charge in [-0.2, -0.15) is 0 Å². The summed E-state index contributed by atoms with van der Waals surface area (Å²) in [5.41, 5.74) is 3.63. The van der Waals surface area contributed by atoms with E-state index in [9.17, 15) is 17.6 Å². The van der Waals surface area contributed by atoms with E-state index in [2.05, 4.69) is 0 Å². The molecule has 3 aromatic rings. The molecule has 170 valence electrons. The summed E-state index contributed by atoms with van der Waals surface area (Å²) in [5.74, 6) is -0.333. The summed E-state index contributed by atoms with van der Waals surface area (Å²) < 4.78 is 43.7. The van der Waals surface area contributed by atoms with Gasteiger partial charge >= 0.3 is 0 Å². The van der Waals surface area contributed by atoms with Crippen LogP contribution in [0.25, 0.3) is 5.69 Å². The topological polar surface area (TPSA) is 94.6 Å². The lowest BCUT2D eigenvalue weighted by Gasteiger charge is -2.16. The van der Waals surface area contributed by atoms with Crippen molar-refractivity contribution in [2.75, 3.05) is 20.7 Å². The van der Waals surface area contributed by atoms with E-state index in [1.807, 2.05) is 29.4 Å². The minimum absolute atomic E-state index is 0.0246. The zero-order valence-electron chi connectivity index (χ0n) is 18.4. The Morgan fingerprint density at radius 3 is 2.34 bits per heavy atom. The largest absolute Gasteiger partial charge is 0.494 e. The number of sulfonamides is 1. The monoisotopic (exact) mass is 459 g/mol. The number of nitrogens with zero attached hydrogens (tertiary/aromatic N) is 2. The van der Waals surface area contributed by atoms with Crippen LogP contribution in [0, 0.1) is 19.7 Å². The number of aryl methyl sites for hydroxylation is 1. The Bertz CT molecular complexity index is 1250. The quantitative estimate of drug-likeness (QED) is 0.522. The van der Waals surface area contributed by atoms with Crippen LogP contribution < -0.4 is 9.88 Å². The summed E-state index contributed by atoms with van der Waals surface area (Å²) in [6.45, 7) is 4.27. The van der Waals surface area contributed by atoms with Gasteiger partial charge in [-0.25, -0.2) is 17.9 Å². The van der Waals surface area contributed by atoms with Crippen molar-refractivity contribution >= 4 is 15.8 Å². The zero-order valence-corrected chi connectivity index (χ0v) is 19.2. The van der Waals surface area contributed by atoms with Gasteiger partial charge in [0.25, 0.3) is 0 Å². The van der Waals surface area contributed by atoms with E-state index in [4.69, 9.17) is 9.88 Å². The predicted octanol–water partition coefficient (Wildman–Crippen LogP) is 3.20. The molecule has 0 atom stereocenters. The Morgan fingerprint density at radius 1 is 1.12 bits per heavy atom. The fourth-order valence-electron chi connectivity index (χ4n) is 3.73. The molecule has 0 aliphatic rings. The smallest absolute Gasteiger partial charge is 0.238 e. The minimum atomic E-state index is -3.78. The zero-order chi connectivity index (χ0) is 23.6. The maximum atomic E-state index is 13.9. The van der Waals surface area contributed by atoms with Gasteiger partial charge in [0.15, 0.2) is 17.3 Å². The third-order valence-corrected chi connectivity index (χ3v) is 6.17. The van der Waals surface area contributed by atoms with E-state index in [1.54, 1.807) is 31.3 Å². The molecule has 1 heterocycles. The van der Waals surface area contributed by atoms with Gasteiger partial charge in [-0.1, -0.05) is 6.07 Å². The first-order chi connectivity index (χ1) is 15.0. The number of aromatic nitrogens is 1. The van der Waals surface area contributed by atoms with Crippen LogP contribution in [0.2, 0.25) is 0 Å². The number of nitrogens with two attached hydrogens (primary N) is 1. The highest BCUT2D eigenvalue weighted by Crippen LogP contribution is 2.23. The number of carbonyl (C=O) groups excluding carboxylic acids is 1. The third-order valence-electron chi connectivity index (χ3n) is 5.24. The van der Waals surface area contributed by atoms with Crippen LogP contribution in [-0.2, 0) is 16.6 Å². The molecule has 0 amide bonds. The predicted molar refractivity (Wildman–Crippen MR) is 120 cm³/mol. The average Bonchev–Trinajstić information content (AvgIpc) is 3.01. The van der Waals surface area contributed by atoms with Crippen molar-refractivity contribution in [1.82, 2.24) is 9.47 Å². The number of halogens is 1. The molecule has 0 fully saturated rings. The molecule has 0 unspecified atom stereocenters. The van der Waals surface area contributed by atoms with Crippen LogP contribution in [0.3, 0.4) is 0 Å². The van der Waals surface area contributed by atoms with Crippen molar-refractivity contribution in [3.05, 3.63) is 76.9 Å². The molecule has 0 bridgehead atoms. The van der Waals surface area contributed by atoms with Crippen molar-refractivity contribution in [3.63, 3.8) is 0 Å². The summed E-state index contributed by atoms with van der Waals surface area (Å²) in [7, 11) is -0.568. The third kappa shape index (κ3) is 5.07. The number of benzene rings is 2. The molecule has 3 rings (SSSR count). The first-order valence-corrected chi connectivity index (χ1v) is 11.4. The molecule has 2 N–H and O–H groups in total. The fraction of sp³-hybridized carbons (Fsp3) is 0.261. The summed E-state index contributed by atoms with van der Waals surface area (Å²) in [6, 6.07) is 12.7. The van der Waals surface area contributed by atoms with Crippen LogP contribution in [0.4, 0.5) is 4.39 Å². The van der Waals surface area contributed by atoms with Crippen molar-refractivity contribution in [3.8, 4) is 11.4 Å². The van der Waals surface area contributed by atoms with Gasteiger partial charge < -0.3 is 9.30 Å². The number of primary sulfonamides is 1. The van der Waals surface area contributed by atoms with E-state index in [0.29, 0.717) is 12.1 Å². The molecule has 0 saturated carbocycles. The lowest BCUT2D eigenvalue weighted by atomic mass is 10.1. The number of likely N-dealkylation sites (N-methyl/N-ethyl adjacent to an activating group) is 1. The van der Waals surface area contributed by atoms with Crippen molar-refractivity contribution in [1.29, 1.82) is 0 Å². The molecular formula is C23H26FN3O4S. The Labute approximate surface area is 187 Å². The van der Waals surface area contributed by atoms with E-state index in [0.717, 1.165) is 22.6 Å². The highest BCUT2D eigenvalue weighted by molar-refractivity contribution is 7.89. The van der Waals surface area contributed by atoms with Gasteiger partial charge in [0.2, 0.25) is 10.0 Å². The number of methoxy groups -OCH3 is 1. The fourth-order valence-corrected chi connectivity index (χ4v) is 4.25. The first kappa shape index (κ1) is 23.6. The van der Waals surface area contributed by atoms with Crippen molar-refractivity contribution in [2.45, 2.75) is 25.3 Å². The Kier molecular flexibility index (Phi) is 6.82. The van der Waals surface area contributed by atoms with E-state index >= 15 is 0 Å². The maximum absolute atomic E-state index is 13.9. The molecule has 0 aliphatic heterocycles. The number of hydrogen-bond donors (Lipinski definition) is 1. The second-order valence-corrected chi connectivity index (χ2v) is 9.28. The molecule has 2 aromatic carbocycles. The van der Waals surface area contributed by atoms with Crippen LogP contribution in [0.15, 0.2) is 53.4 Å². The Balaban J connectivity index is 1.77. The highest BCUT2D eigenvalue weighted by Gasteiger charge is 2.19. The van der Waals surface area contributed by atoms with Gasteiger partial charge in [-0.15, -0.1) is 0 Å². The van der Waals surface area contributed by atoms with E-state index < -0.39 is 15.8 Å². The minimum Gasteiger partial charge on any atom is -0.494 e. The van der Waals surface area contributed by atoms with Crippen LogP contribution >= 0.6 is 0 Å². The van der Waals surface area contributed by atoms with Gasteiger partial charge in [-0.3, -0.25) is 9.69 Å². The molecule has 7 nitrogen and oxygen atoms in total. The lowest BCUT2D eigenvalue weighted by Crippen LogP contribution is -2.26. The second-order valence-electron chi connectivity index (χ2n) is 7.72. The molecule has 0 spiro atoms. The van der Waals surface area contributed by atoms with E-state index in [-0.39, 0.29) is 23.0 Å². The number of hydrogen-bond acceptors (Lipinski definition) is 5. The Morgan fingerprint density at radius 2 is 1.78 bits per heavy atom. The molecule has 9 heteroatoms. The van der Waals surface area contributed by atoms with Crippen LogP contribution in [0.1, 0.15) is 27.3 Å². The van der Waals surface area contributed by atoms with Gasteiger partial charge in [0, 0.05) is 29.2 Å². The van der Waals surface area contributed by atoms with Gasteiger partial charge in [0.05, 0.1) is 18.6 Å². The lowest BCUT2D eigenvalue weighted by molar-refractivity contribution is 0.0942. The van der Waals surface area contributed by atoms with Crippen LogP contribution in [0.5, 0.6) is 5.75 Å². The molecular weight excluding hydrogens is 433 g/mol. The maximum Gasteiger partial charge on any atom is 0.238 e. The average molecular weight is 460 g/mol.